The zero-order valence-electron chi connectivity index (χ0n) is 14.1. The van der Waals surface area contributed by atoms with Gasteiger partial charge in [0.05, 0.1) is 0 Å². The van der Waals surface area contributed by atoms with E-state index in [2.05, 4.69) is 43.2 Å². The smallest absolute Gasteiger partial charge is 0.279 e. The molecule has 1 aliphatic rings. The van der Waals surface area contributed by atoms with Gasteiger partial charge in [-0.2, -0.15) is 4.98 Å². The van der Waals surface area contributed by atoms with Crippen LogP contribution in [0.3, 0.4) is 0 Å². The summed E-state index contributed by atoms with van der Waals surface area (Å²) in [5.41, 5.74) is 0.642. The van der Waals surface area contributed by atoms with Crippen LogP contribution in [0.4, 0.5) is 5.82 Å². The number of aromatic nitrogens is 4. The van der Waals surface area contributed by atoms with Crippen molar-refractivity contribution in [2.24, 2.45) is 0 Å². The van der Waals surface area contributed by atoms with Gasteiger partial charge in [0.25, 0.3) is 5.89 Å². The van der Waals surface area contributed by atoms with Gasteiger partial charge in [0, 0.05) is 28.1 Å². The molecule has 6 nitrogen and oxygen atoms in total. The third-order valence-electron chi connectivity index (χ3n) is 4.52. The van der Waals surface area contributed by atoms with Gasteiger partial charge in [-0.1, -0.05) is 35.5 Å². The molecule has 0 radical (unpaired) electrons. The lowest BCUT2D eigenvalue weighted by molar-refractivity contribution is 0.421. The van der Waals surface area contributed by atoms with E-state index >= 15 is 0 Å². The number of nitrogens with one attached hydrogen (secondary N) is 1. The SMILES string of the molecule is c1csc(CCNc2nnc(-c3nc(C4CC4)no3)c3ccccc23)c1. The zero-order valence-corrected chi connectivity index (χ0v) is 14.9. The zero-order chi connectivity index (χ0) is 17.3. The van der Waals surface area contributed by atoms with Crippen LogP contribution in [0.15, 0.2) is 46.3 Å². The van der Waals surface area contributed by atoms with Crippen molar-refractivity contribution in [3.63, 3.8) is 0 Å². The Balaban J connectivity index is 1.45. The van der Waals surface area contributed by atoms with Crippen LogP contribution < -0.4 is 5.32 Å². The number of anilines is 1. The number of fused-ring (bicyclic) bond motifs is 1. The summed E-state index contributed by atoms with van der Waals surface area (Å²) < 4.78 is 5.45. The van der Waals surface area contributed by atoms with E-state index in [0.717, 1.165) is 48.2 Å². The van der Waals surface area contributed by atoms with E-state index in [9.17, 15) is 0 Å². The number of rotatable bonds is 6. The molecule has 3 aromatic heterocycles. The van der Waals surface area contributed by atoms with E-state index in [1.54, 1.807) is 11.3 Å². The first kappa shape index (κ1) is 15.5. The molecule has 1 N–H and O–H groups in total. The summed E-state index contributed by atoms with van der Waals surface area (Å²) in [6, 6.07) is 12.3. The predicted molar refractivity (Wildman–Crippen MR) is 101 cm³/mol. The lowest BCUT2D eigenvalue weighted by atomic mass is 10.1. The summed E-state index contributed by atoms with van der Waals surface area (Å²) in [5.74, 6) is 2.46. The predicted octanol–water partition coefficient (Wildman–Crippen LogP) is 4.27. The standard InChI is InChI=1S/C19H17N5OS/c1-2-6-15-14(5-1)16(19-21-17(24-25-19)12-7-8-12)22-23-18(15)20-10-9-13-4-3-11-26-13/h1-6,11-12H,7-10H2,(H,20,23). The van der Waals surface area contributed by atoms with Crippen molar-refractivity contribution in [3.8, 4) is 11.6 Å². The molecule has 130 valence electrons. The van der Waals surface area contributed by atoms with E-state index in [1.165, 1.54) is 4.88 Å². The van der Waals surface area contributed by atoms with E-state index in [0.29, 0.717) is 17.5 Å². The molecule has 3 heterocycles. The Morgan fingerprint density at radius 1 is 1.08 bits per heavy atom. The van der Waals surface area contributed by atoms with Crippen LogP contribution in [0.25, 0.3) is 22.4 Å². The van der Waals surface area contributed by atoms with Crippen LogP contribution in [0.5, 0.6) is 0 Å². The Morgan fingerprint density at radius 3 is 2.77 bits per heavy atom. The Labute approximate surface area is 154 Å². The minimum absolute atomic E-state index is 0.445. The van der Waals surface area contributed by atoms with E-state index in [1.807, 2.05) is 24.3 Å². The van der Waals surface area contributed by atoms with Crippen LogP contribution >= 0.6 is 11.3 Å². The third kappa shape index (κ3) is 2.94. The van der Waals surface area contributed by atoms with Crippen molar-refractivity contribution in [2.75, 3.05) is 11.9 Å². The van der Waals surface area contributed by atoms with Crippen LogP contribution in [0, 0.1) is 0 Å². The van der Waals surface area contributed by atoms with Crippen molar-refractivity contribution in [1.29, 1.82) is 0 Å². The van der Waals surface area contributed by atoms with Crippen molar-refractivity contribution in [3.05, 3.63) is 52.5 Å². The van der Waals surface area contributed by atoms with Crippen molar-refractivity contribution in [1.82, 2.24) is 20.3 Å². The van der Waals surface area contributed by atoms with Gasteiger partial charge in [-0.05, 0) is 30.7 Å². The average molecular weight is 363 g/mol. The Morgan fingerprint density at radius 2 is 1.96 bits per heavy atom. The number of thiophene rings is 1. The summed E-state index contributed by atoms with van der Waals surface area (Å²) in [5, 5.41) is 20.3. The third-order valence-corrected chi connectivity index (χ3v) is 5.45. The maximum absolute atomic E-state index is 5.45. The highest BCUT2D eigenvalue weighted by Gasteiger charge is 2.29. The van der Waals surface area contributed by atoms with E-state index in [4.69, 9.17) is 4.52 Å². The van der Waals surface area contributed by atoms with Crippen LogP contribution in [0.1, 0.15) is 29.5 Å². The molecule has 0 bridgehead atoms. The molecule has 0 unspecified atom stereocenters. The lowest BCUT2D eigenvalue weighted by Crippen LogP contribution is -2.07. The molecule has 0 atom stereocenters. The second-order valence-electron chi connectivity index (χ2n) is 6.43. The Hall–Kier alpha value is -2.80. The van der Waals surface area contributed by atoms with E-state index in [-0.39, 0.29) is 0 Å². The first-order valence-corrected chi connectivity index (χ1v) is 9.62. The summed E-state index contributed by atoms with van der Waals surface area (Å²) in [7, 11) is 0. The van der Waals surface area contributed by atoms with Gasteiger partial charge in [0.2, 0.25) is 0 Å². The van der Waals surface area contributed by atoms with Crippen molar-refractivity contribution < 1.29 is 4.52 Å². The fraction of sp³-hybridized carbons (Fsp3) is 0.263. The molecule has 4 aromatic rings. The lowest BCUT2D eigenvalue weighted by Gasteiger charge is -2.09. The second-order valence-corrected chi connectivity index (χ2v) is 7.46. The first-order valence-electron chi connectivity index (χ1n) is 8.74. The molecule has 0 spiro atoms. The number of nitrogens with zero attached hydrogens (tertiary/aromatic N) is 4. The molecule has 1 fully saturated rings. The van der Waals surface area contributed by atoms with Crippen LogP contribution in [0.2, 0.25) is 0 Å². The summed E-state index contributed by atoms with van der Waals surface area (Å²) >= 11 is 1.77. The van der Waals surface area contributed by atoms with Gasteiger partial charge in [-0.25, -0.2) is 0 Å². The molecule has 1 aliphatic carbocycles. The normalized spacial score (nSPS) is 14.0. The Kier molecular flexibility index (Phi) is 3.86. The highest BCUT2D eigenvalue weighted by Crippen LogP contribution is 2.39. The molecule has 0 aliphatic heterocycles. The molecule has 26 heavy (non-hydrogen) atoms. The maximum Gasteiger partial charge on any atom is 0.279 e. The molecular formula is C19H17N5OS. The average Bonchev–Trinajstić information content (AvgIpc) is 3.18. The van der Waals surface area contributed by atoms with Crippen LogP contribution in [-0.4, -0.2) is 26.9 Å². The molecule has 5 rings (SSSR count). The summed E-state index contributed by atoms with van der Waals surface area (Å²) in [6.45, 7) is 0.810. The molecular weight excluding hydrogens is 346 g/mol. The van der Waals surface area contributed by atoms with Gasteiger partial charge in [0.1, 0.15) is 0 Å². The molecule has 7 heteroatoms. The van der Waals surface area contributed by atoms with Crippen molar-refractivity contribution >= 4 is 27.9 Å². The topological polar surface area (TPSA) is 76.7 Å². The quantitative estimate of drug-likeness (QED) is 0.551. The molecule has 1 aromatic carbocycles. The first-order chi connectivity index (χ1) is 12.9. The van der Waals surface area contributed by atoms with Gasteiger partial charge in [-0.3, -0.25) is 0 Å². The van der Waals surface area contributed by atoms with Crippen LogP contribution in [-0.2, 0) is 6.42 Å². The number of benzene rings is 1. The number of hydrogen-bond donors (Lipinski definition) is 1. The molecule has 0 amide bonds. The summed E-state index contributed by atoms with van der Waals surface area (Å²) in [4.78, 5) is 5.87. The fourth-order valence-electron chi connectivity index (χ4n) is 2.99. The van der Waals surface area contributed by atoms with Gasteiger partial charge in [0.15, 0.2) is 17.3 Å². The minimum atomic E-state index is 0.445. The van der Waals surface area contributed by atoms with Gasteiger partial charge in [-0.15, -0.1) is 21.5 Å². The maximum atomic E-state index is 5.45. The molecule has 1 saturated carbocycles. The largest absolute Gasteiger partial charge is 0.368 e. The Bertz CT molecular complexity index is 1040. The van der Waals surface area contributed by atoms with Gasteiger partial charge >= 0.3 is 0 Å². The fourth-order valence-corrected chi connectivity index (χ4v) is 3.70. The monoisotopic (exact) mass is 363 g/mol. The van der Waals surface area contributed by atoms with E-state index < -0.39 is 0 Å². The van der Waals surface area contributed by atoms with Crippen molar-refractivity contribution in [2.45, 2.75) is 25.2 Å². The highest BCUT2D eigenvalue weighted by atomic mass is 32.1. The second kappa shape index (κ2) is 6.49. The number of hydrogen-bond acceptors (Lipinski definition) is 7. The minimum Gasteiger partial charge on any atom is -0.368 e. The highest BCUT2D eigenvalue weighted by molar-refractivity contribution is 7.09. The summed E-state index contributed by atoms with van der Waals surface area (Å²) in [6.07, 6.45) is 3.24. The van der Waals surface area contributed by atoms with Gasteiger partial charge < -0.3 is 9.84 Å². The molecule has 0 saturated heterocycles.